The van der Waals surface area contributed by atoms with Gasteiger partial charge in [0.15, 0.2) is 5.65 Å². The van der Waals surface area contributed by atoms with E-state index in [-0.39, 0.29) is 60.5 Å². The molecule has 0 bridgehead atoms. The first kappa shape index (κ1) is 32.1. The molecule has 3 aromatic rings. The predicted octanol–water partition coefficient (Wildman–Crippen LogP) is 5.43. The van der Waals surface area contributed by atoms with Crippen LogP contribution in [0.25, 0.3) is 22.4 Å². The fourth-order valence-corrected chi connectivity index (χ4v) is 7.73. The van der Waals surface area contributed by atoms with Crippen molar-refractivity contribution in [1.82, 2.24) is 24.4 Å². The maximum atomic E-state index is 15.2. The zero-order valence-corrected chi connectivity index (χ0v) is 26.3. The van der Waals surface area contributed by atoms with Crippen LogP contribution in [0.5, 0.6) is 0 Å². The lowest BCUT2D eigenvalue weighted by molar-refractivity contribution is -0.0435. The normalized spacial score (nSPS) is 21.2. The zero-order valence-electron chi connectivity index (χ0n) is 25.5. The molecule has 2 fully saturated rings. The third-order valence-electron chi connectivity index (χ3n) is 8.71. The quantitative estimate of drug-likeness (QED) is 0.320. The minimum Gasteiger partial charge on any atom is -0.351 e. The smallest absolute Gasteiger partial charge is 0.278 e. The highest BCUT2D eigenvalue weighted by Crippen LogP contribution is 2.37. The van der Waals surface area contributed by atoms with Crippen molar-refractivity contribution in [2.45, 2.75) is 89.3 Å². The van der Waals surface area contributed by atoms with Crippen molar-refractivity contribution < 1.29 is 21.6 Å². The predicted molar refractivity (Wildman–Crippen MR) is 165 cm³/mol. The maximum absolute atomic E-state index is 15.2. The summed E-state index contributed by atoms with van der Waals surface area (Å²) in [5.74, 6) is -4.04. The minimum absolute atomic E-state index is 0.0195. The van der Waals surface area contributed by atoms with E-state index in [1.165, 1.54) is 22.9 Å². The minimum atomic E-state index is -3.99. The summed E-state index contributed by atoms with van der Waals surface area (Å²) < 4.78 is 71.2. The van der Waals surface area contributed by atoms with Crippen molar-refractivity contribution in [2.24, 2.45) is 5.92 Å². The molecule has 2 heterocycles. The number of nitrogens with one attached hydrogen (secondary N) is 2. The molecular weight excluding hydrogens is 595 g/mol. The van der Waals surface area contributed by atoms with Crippen LogP contribution in [-0.2, 0) is 10.0 Å². The Kier molecular flexibility index (Phi) is 9.22. The topological polar surface area (TPSA) is 122 Å². The molecule has 2 aliphatic carbocycles. The fourth-order valence-electron chi connectivity index (χ4n) is 6.19. The summed E-state index contributed by atoms with van der Waals surface area (Å²) in [7, 11) is 0.196. The summed E-state index contributed by atoms with van der Waals surface area (Å²) in [6, 6.07) is 4.19. The van der Waals surface area contributed by atoms with Crippen molar-refractivity contribution in [3.8, 4) is 11.3 Å². The Labute approximate surface area is 255 Å². The van der Waals surface area contributed by atoms with E-state index in [1.54, 1.807) is 0 Å². The summed E-state index contributed by atoms with van der Waals surface area (Å²) in [5, 5.41) is 3.40. The van der Waals surface area contributed by atoms with Gasteiger partial charge in [-0.3, -0.25) is 14.1 Å². The molecule has 0 unspecified atom stereocenters. The molecule has 240 valence electrons. The van der Waals surface area contributed by atoms with E-state index in [0.717, 1.165) is 31.7 Å². The van der Waals surface area contributed by atoms with E-state index >= 15 is 4.39 Å². The Morgan fingerprint density at radius 2 is 1.75 bits per heavy atom. The van der Waals surface area contributed by atoms with Crippen LogP contribution in [0.1, 0.15) is 71.3 Å². The molecule has 0 saturated heterocycles. The Bertz CT molecular complexity index is 1660. The molecule has 2 saturated carbocycles. The summed E-state index contributed by atoms with van der Waals surface area (Å²) in [6.45, 7) is 3.68. The Balaban J connectivity index is 1.36. The summed E-state index contributed by atoms with van der Waals surface area (Å²) >= 11 is 0. The second kappa shape index (κ2) is 12.6. The van der Waals surface area contributed by atoms with E-state index in [2.05, 4.69) is 44.0 Å². The first-order chi connectivity index (χ1) is 20.7. The lowest BCUT2D eigenvalue weighted by Gasteiger charge is -2.32. The van der Waals surface area contributed by atoms with E-state index in [0.29, 0.717) is 23.2 Å². The fraction of sp³-hybridized carbons (Fsp3) is 0.600. The highest BCUT2D eigenvalue weighted by atomic mass is 32.2. The first-order valence-corrected chi connectivity index (χ1v) is 16.8. The van der Waals surface area contributed by atoms with Crippen LogP contribution < -0.4 is 15.6 Å². The molecule has 0 amide bonds. The van der Waals surface area contributed by atoms with Gasteiger partial charge in [0.2, 0.25) is 21.9 Å². The number of alkyl halides is 2. The molecule has 10 nitrogen and oxygen atoms in total. The van der Waals surface area contributed by atoms with Gasteiger partial charge in [0.05, 0.1) is 17.6 Å². The first-order valence-electron chi connectivity index (χ1n) is 15.1. The second-order valence-corrected chi connectivity index (χ2v) is 14.4. The number of fused-ring (bicyclic) bond motifs is 1. The van der Waals surface area contributed by atoms with E-state index < -0.39 is 33.2 Å². The van der Waals surface area contributed by atoms with Gasteiger partial charge in [0.1, 0.15) is 17.0 Å². The van der Waals surface area contributed by atoms with Crippen molar-refractivity contribution in [3.05, 3.63) is 40.6 Å². The Morgan fingerprint density at radius 1 is 1.07 bits per heavy atom. The van der Waals surface area contributed by atoms with Gasteiger partial charge in [-0.2, -0.15) is 4.98 Å². The van der Waals surface area contributed by atoms with Crippen LogP contribution in [0.4, 0.5) is 24.8 Å². The lowest BCUT2D eigenvalue weighted by atomic mass is 9.88. The van der Waals surface area contributed by atoms with E-state index in [1.807, 2.05) is 13.8 Å². The molecular formula is C30H40F3N7O3S. The largest absolute Gasteiger partial charge is 0.351 e. The van der Waals surface area contributed by atoms with Crippen LogP contribution in [0.3, 0.4) is 0 Å². The van der Waals surface area contributed by atoms with Crippen LogP contribution in [0.2, 0.25) is 0 Å². The number of halogens is 3. The molecule has 2 aliphatic rings. The second-order valence-electron chi connectivity index (χ2n) is 12.6. The van der Waals surface area contributed by atoms with Crippen molar-refractivity contribution in [2.75, 3.05) is 29.9 Å². The number of sulfonamides is 1. The highest BCUT2D eigenvalue weighted by molar-refractivity contribution is 7.92. The monoisotopic (exact) mass is 635 g/mol. The number of hydrogen-bond acceptors (Lipinski definition) is 8. The van der Waals surface area contributed by atoms with Gasteiger partial charge in [-0.15, -0.1) is 0 Å². The summed E-state index contributed by atoms with van der Waals surface area (Å²) in [4.78, 5) is 29.5. The highest BCUT2D eigenvalue weighted by Gasteiger charge is 2.36. The molecule has 5 rings (SSSR count). The van der Waals surface area contributed by atoms with Crippen molar-refractivity contribution >= 4 is 32.8 Å². The molecule has 0 radical (unpaired) electrons. The molecule has 0 atom stereocenters. The number of rotatable bonds is 9. The lowest BCUT2D eigenvalue weighted by Crippen LogP contribution is -2.36. The number of anilines is 2. The van der Waals surface area contributed by atoms with Gasteiger partial charge < -0.3 is 10.2 Å². The molecule has 44 heavy (non-hydrogen) atoms. The average molecular weight is 636 g/mol. The molecule has 1 aromatic carbocycles. The standard InChI is InChI=1S/C30H40F3N7O3S/c1-18(2)40-27-25(16-34-29(37-27)35-21-6-8-22(9-7-21)39(3)4)36-26(28(40)41)20-5-10-24(23(31)15-20)38-44(42,43)17-19-11-13-30(32,33)14-12-19/h5,10,15-16,18-19,21-22,38H,6-9,11-14,17H2,1-4H3,(H,34,35,37)/t21-,22-. The molecule has 0 spiro atoms. The van der Waals surface area contributed by atoms with Crippen LogP contribution >= 0.6 is 0 Å². The number of aromatic nitrogens is 4. The maximum Gasteiger partial charge on any atom is 0.278 e. The average Bonchev–Trinajstić information content (AvgIpc) is 2.95. The molecule has 2 aromatic heterocycles. The van der Waals surface area contributed by atoms with Gasteiger partial charge in [-0.25, -0.2) is 31.6 Å². The van der Waals surface area contributed by atoms with Gasteiger partial charge in [-0.1, -0.05) is 6.07 Å². The van der Waals surface area contributed by atoms with Gasteiger partial charge in [-0.05, 0) is 84.5 Å². The van der Waals surface area contributed by atoms with Crippen LogP contribution in [0.15, 0.2) is 29.2 Å². The number of nitrogens with zero attached hydrogens (tertiary/aromatic N) is 5. The summed E-state index contributed by atoms with van der Waals surface area (Å²) in [5.41, 5.74) is 0.107. The Hall–Kier alpha value is -3.26. The number of benzene rings is 1. The van der Waals surface area contributed by atoms with E-state index in [4.69, 9.17) is 0 Å². The third-order valence-corrected chi connectivity index (χ3v) is 10.1. The van der Waals surface area contributed by atoms with Crippen molar-refractivity contribution in [1.29, 1.82) is 0 Å². The van der Waals surface area contributed by atoms with Gasteiger partial charge in [0.25, 0.3) is 5.56 Å². The SMILES string of the molecule is CC(C)n1c(=O)c(-c2ccc(NS(=O)(=O)CC3CCC(F)(F)CC3)c(F)c2)nc2cnc(N[C@H]3CC[C@H](N(C)C)CC3)nc21. The third kappa shape index (κ3) is 7.33. The van der Waals surface area contributed by atoms with Gasteiger partial charge in [0, 0.05) is 36.5 Å². The number of hydrogen-bond donors (Lipinski definition) is 2. The molecule has 0 aliphatic heterocycles. The van der Waals surface area contributed by atoms with Crippen molar-refractivity contribution in [3.63, 3.8) is 0 Å². The Morgan fingerprint density at radius 3 is 2.36 bits per heavy atom. The summed E-state index contributed by atoms with van der Waals surface area (Å²) in [6.07, 6.45) is 5.10. The van der Waals surface area contributed by atoms with E-state index in [9.17, 15) is 22.0 Å². The molecule has 2 N–H and O–H groups in total. The van der Waals surface area contributed by atoms with Gasteiger partial charge >= 0.3 is 0 Å². The zero-order chi connectivity index (χ0) is 31.8. The molecule has 14 heteroatoms. The van der Waals surface area contributed by atoms with Crippen LogP contribution in [0, 0.1) is 11.7 Å². The van der Waals surface area contributed by atoms with Crippen LogP contribution in [-0.4, -0.2) is 70.7 Å².